The second-order valence-electron chi connectivity index (χ2n) is 3.01. The molecule has 1 aromatic rings. The van der Waals surface area contributed by atoms with Crippen LogP contribution in [0.4, 0.5) is 0 Å². The van der Waals surface area contributed by atoms with Crippen molar-refractivity contribution < 1.29 is 14.6 Å². The highest BCUT2D eigenvalue weighted by Crippen LogP contribution is 2.25. The van der Waals surface area contributed by atoms with Crippen LogP contribution in [-0.2, 0) is 16.1 Å². The Hall–Kier alpha value is -0.710. The summed E-state index contributed by atoms with van der Waals surface area (Å²) in [6, 6.07) is 5.30. The Morgan fingerprint density at radius 1 is 1.56 bits per heavy atom. The van der Waals surface area contributed by atoms with Crippen LogP contribution in [0.15, 0.2) is 23.1 Å². The minimum Gasteiger partial charge on any atom is -0.465 e. The highest BCUT2D eigenvalue weighted by atomic mass is 35.5. The maximum Gasteiger partial charge on any atom is 0.316 e. The average Bonchev–Trinajstić information content (AvgIpc) is 2.27. The van der Waals surface area contributed by atoms with E-state index >= 15 is 0 Å². The van der Waals surface area contributed by atoms with Gasteiger partial charge >= 0.3 is 5.97 Å². The van der Waals surface area contributed by atoms with Gasteiger partial charge in [0.25, 0.3) is 0 Å². The minimum atomic E-state index is -0.241. The molecule has 0 heterocycles. The van der Waals surface area contributed by atoms with Crippen molar-refractivity contribution >= 4 is 29.3 Å². The van der Waals surface area contributed by atoms with Crippen LogP contribution in [-0.4, -0.2) is 23.4 Å². The molecule has 0 unspecified atom stereocenters. The summed E-state index contributed by atoms with van der Waals surface area (Å²) in [7, 11) is 0. The van der Waals surface area contributed by atoms with Gasteiger partial charge in [0, 0.05) is 9.92 Å². The van der Waals surface area contributed by atoms with Gasteiger partial charge in [-0.25, -0.2) is 0 Å². The molecule has 0 spiro atoms. The molecular weight excluding hydrogens is 248 g/mol. The summed E-state index contributed by atoms with van der Waals surface area (Å²) in [5.74, 6) is 0.0256. The maximum atomic E-state index is 11.1. The Morgan fingerprint density at radius 2 is 2.31 bits per heavy atom. The average molecular weight is 261 g/mol. The van der Waals surface area contributed by atoms with Crippen LogP contribution in [0.3, 0.4) is 0 Å². The number of aliphatic hydroxyl groups excluding tert-OH is 1. The van der Waals surface area contributed by atoms with Crippen molar-refractivity contribution in [3.63, 3.8) is 0 Å². The van der Waals surface area contributed by atoms with E-state index in [4.69, 9.17) is 21.4 Å². The van der Waals surface area contributed by atoms with Crippen LogP contribution in [0.5, 0.6) is 0 Å². The molecule has 1 rings (SSSR count). The largest absolute Gasteiger partial charge is 0.465 e. The topological polar surface area (TPSA) is 46.5 Å². The molecule has 1 aromatic carbocycles. The van der Waals surface area contributed by atoms with E-state index in [9.17, 15) is 4.79 Å². The number of carbonyl (C=O) groups is 1. The number of esters is 1. The summed E-state index contributed by atoms with van der Waals surface area (Å²) >= 11 is 7.28. The fraction of sp³-hybridized carbons (Fsp3) is 0.364. The zero-order valence-corrected chi connectivity index (χ0v) is 10.5. The van der Waals surface area contributed by atoms with Crippen LogP contribution >= 0.6 is 23.4 Å². The summed E-state index contributed by atoms with van der Waals surface area (Å²) in [6.45, 7) is 2.08. The Morgan fingerprint density at radius 3 is 2.88 bits per heavy atom. The summed E-state index contributed by atoms with van der Waals surface area (Å²) in [5, 5.41) is 9.44. The number of halogens is 1. The third-order valence-corrected chi connectivity index (χ3v) is 3.18. The van der Waals surface area contributed by atoms with Crippen molar-refractivity contribution in [3.05, 3.63) is 28.8 Å². The molecule has 88 valence electrons. The zero-order valence-electron chi connectivity index (χ0n) is 8.90. The molecule has 0 amide bonds. The predicted molar refractivity (Wildman–Crippen MR) is 64.7 cm³/mol. The monoisotopic (exact) mass is 260 g/mol. The number of rotatable bonds is 5. The summed E-state index contributed by atoms with van der Waals surface area (Å²) in [5.41, 5.74) is 0.683. The van der Waals surface area contributed by atoms with Gasteiger partial charge in [0.1, 0.15) is 0 Å². The van der Waals surface area contributed by atoms with E-state index in [1.807, 2.05) is 6.07 Å². The molecule has 5 heteroatoms. The summed E-state index contributed by atoms with van der Waals surface area (Å²) in [6.07, 6.45) is 0. The molecule has 0 fully saturated rings. The molecule has 0 atom stereocenters. The number of ether oxygens (including phenoxy) is 1. The summed E-state index contributed by atoms with van der Waals surface area (Å²) < 4.78 is 4.81. The van der Waals surface area contributed by atoms with Crippen molar-refractivity contribution in [1.82, 2.24) is 0 Å². The number of carbonyl (C=O) groups excluding carboxylic acids is 1. The molecule has 0 radical (unpaired) electrons. The van der Waals surface area contributed by atoms with Gasteiger partial charge in [0.15, 0.2) is 0 Å². The first kappa shape index (κ1) is 13.4. The number of aliphatic hydroxyl groups is 1. The lowest BCUT2D eigenvalue weighted by molar-refractivity contribution is -0.139. The van der Waals surface area contributed by atoms with Crippen LogP contribution in [0.2, 0.25) is 5.02 Å². The molecule has 0 saturated heterocycles. The molecule has 16 heavy (non-hydrogen) atoms. The summed E-state index contributed by atoms with van der Waals surface area (Å²) in [4.78, 5) is 12.0. The first-order valence-electron chi connectivity index (χ1n) is 4.85. The Bertz CT molecular complexity index is 368. The number of hydrogen-bond donors (Lipinski definition) is 1. The van der Waals surface area contributed by atoms with Crippen molar-refractivity contribution in [2.45, 2.75) is 18.4 Å². The van der Waals surface area contributed by atoms with Gasteiger partial charge in [-0.3, -0.25) is 4.79 Å². The third-order valence-electron chi connectivity index (χ3n) is 1.86. The smallest absolute Gasteiger partial charge is 0.316 e. The molecular formula is C11H13ClO3S. The van der Waals surface area contributed by atoms with Gasteiger partial charge in [-0.05, 0) is 24.6 Å². The van der Waals surface area contributed by atoms with Gasteiger partial charge in [-0.1, -0.05) is 17.7 Å². The van der Waals surface area contributed by atoms with Crippen LogP contribution in [0.25, 0.3) is 0 Å². The van der Waals surface area contributed by atoms with Crippen molar-refractivity contribution in [1.29, 1.82) is 0 Å². The Kier molecular flexibility index (Phi) is 5.66. The van der Waals surface area contributed by atoms with E-state index in [2.05, 4.69) is 0 Å². The molecule has 0 aromatic heterocycles. The molecule has 3 nitrogen and oxygen atoms in total. The number of hydrogen-bond acceptors (Lipinski definition) is 4. The van der Waals surface area contributed by atoms with E-state index in [1.54, 1.807) is 19.1 Å². The van der Waals surface area contributed by atoms with Gasteiger partial charge in [0.05, 0.1) is 19.0 Å². The third kappa shape index (κ3) is 4.04. The number of thioether (sulfide) groups is 1. The highest BCUT2D eigenvalue weighted by Gasteiger charge is 2.05. The van der Waals surface area contributed by atoms with Gasteiger partial charge in [-0.2, -0.15) is 0 Å². The van der Waals surface area contributed by atoms with Crippen molar-refractivity contribution in [2.24, 2.45) is 0 Å². The fourth-order valence-corrected chi connectivity index (χ4v) is 2.13. The van der Waals surface area contributed by atoms with Gasteiger partial charge in [0.2, 0.25) is 0 Å². The molecule has 1 N–H and O–H groups in total. The quantitative estimate of drug-likeness (QED) is 0.653. The van der Waals surface area contributed by atoms with E-state index in [1.165, 1.54) is 11.8 Å². The molecule has 0 aliphatic carbocycles. The minimum absolute atomic E-state index is 0.0817. The van der Waals surface area contributed by atoms with Crippen molar-refractivity contribution in [3.8, 4) is 0 Å². The first-order chi connectivity index (χ1) is 7.67. The molecule has 0 bridgehead atoms. The normalized spacial score (nSPS) is 10.2. The first-order valence-corrected chi connectivity index (χ1v) is 6.21. The van der Waals surface area contributed by atoms with E-state index in [0.29, 0.717) is 17.2 Å². The lowest BCUT2D eigenvalue weighted by atomic mass is 10.2. The molecule has 0 aliphatic rings. The maximum absolute atomic E-state index is 11.1. The molecule has 0 saturated carbocycles. The lowest BCUT2D eigenvalue weighted by Crippen LogP contribution is -2.06. The van der Waals surface area contributed by atoms with E-state index in [-0.39, 0.29) is 18.3 Å². The van der Waals surface area contributed by atoms with Gasteiger partial charge < -0.3 is 9.84 Å². The Balaban J connectivity index is 2.55. The van der Waals surface area contributed by atoms with Crippen molar-refractivity contribution in [2.75, 3.05) is 12.4 Å². The van der Waals surface area contributed by atoms with Crippen LogP contribution in [0, 0.1) is 0 Å². The molecule has 0 aliphatic heterocycles. The van der Waals surface area contributed by atoms with E-state index in [0.717, 1.165) is 4.90 Å². The SMILES string of the molecule is CCOC(=O)CSc1ccc(CO)c(Cl)c1. The lowest BCUT2D eigenvalue weighted by Gasteiger charge is -2.05. The van der Waals surface area contributed by atoms with Crippen LogP contribution in [0.1, 0.15) is 12.5 Å². The highest BCUT2D eigenvalue weighted by molar-refractivity contribution is 8.00. The van der Waals surface area contributed by atoms with E-state index < -0.39 is 0 Å². The van der Waals surface area contributed by atoms with Crippen LogP contribution < -0.4 is 0 Å². The van der Waals surface area contributed by atoms with Gasteiger partial charge in [-0.15, -0.1) is 11.8 Å². The fourth-order valence-electron chi connectivity index (χ4n) is 1.09. The second kappa shape index (κ2) is 6.78. The number of benzene rings is 1. The Labute approximate surface area is 104 Å². The second-order valence-corrected chi connectivity index (χ2v) is 4.46. The standard InChI is InChI=1S/C11H13ClO3S/c1-2-15-11(14)7-16-9-4-3-8(6-13)10(12)5-9/h3-5,13H,2,6-7H2,1H3. The zero-order chi connectivity index (χ0) is 12.0. The predicted octanol–water partition coefficient (Wildman–Crippen LogP) is 2.49.